The molecule has 6 heteroatoms. The normalized spacial score (nSPS) is 15.7. The molecule has 0 unspecified atom stereocenters. The van der Waals surface area contributed by atoms with Gasteiger partial charge in [0.25, 0.3) is 0 Å². The largest absolute Gasteiger partial charge is 0.354 e. The van der Waals surface area contributed by atoms with Crippen LogP contribution >= 0.6 is 0 Å². The summed E-state index contributed by atoms with van der Waals surface area (Å²) in [5.74, 6) is 1.69. The number of amides is 2. The van der Waals surface area contributed by atoms with Gasteiger partial charge in [-0.05, 0) is 24.5 Å². The van der Waals surface area contributed by atoms with Gasteiger partial charge in [0.15, 0.2) is 0 Å². The van der Waals surface area contributed by atoms with Gasteiger partial charge in [-0.1, -0.05) is 20.8 Å². The summed E-state index contributed by atoms with van der Waals surface area (Å²) in [6, 6.07) is 3.71. The van der Waals surface area contributed by atoms with Gasteiger partial charge in [0.1, 0.15) is 5.82 Å². The number of urea groups is 1. The number of nitrogens with zero attached hydrogens (tertiary/aromatic N) is 3. The van der Waals surface area contributed by atoms with E-state index in [4.69, 9.17) is 0 Å². The number of piperazine rings is 1. The Morgan fingerprint density at radius 2 is 2.00 bits per heavy atom. The number of aromatic nitrogens is 1. The highest BCUT2D eigenvalue weighted by molar-refractivity contribution is 5.89. The summed E-state index contributed by atoms with van der Waals surface area (Å²) < 4.78 is 0. The van der Waals surface area contributed by atoms with Gasteiger partial charge in [0, 0.05) is 39.3 Å². The van der Waals surface area contributed by atoms with Crippen LogP contribution in [0.4, 0.5) is 16.3 Å². The summed E-state index contributed by atoms with van der Waals surface area (Å²) in [7, 11) is 0. The second kappa shape index (κ2) is 8.72. The van der Waals surface area contributed by atoms with Crippen LogP contribution in [0.2, 0.25) is 0 Å². The third kappa shape index (κ3) is 5.71. The molecule has 6 nitrogen and oxygen atoms in total. The van der Waals surface area contributed by atoms with Crippen molar-refractivity contribution < 1.29 is 4.79 Å². The summed E-state index contributed by atoms with van der Waals surface area (Å²) in [5, 5.41) is 5.58. The maximum Gasteiger partial charge on any atom is 0.319 e. The van der Waals surface area contributed by atoms with E-state index >= 15 is 0 Å². The standard InChI is InChI=1S/C17H29N5O/c1-4-7-18-17(23)20-15-5-6-16(19-12-15)22-10-8-21(9-11-22)13-14(2)3/h5-6,12,14H,4,7-11,13H2,1-3H3,(H2,18,20,23). The third-order valence-corrected chi connectivity index (χ3v) is 3.86. The van der Waals surface area contributed by atoms with E-state index in [2.05, 4.69) is 39.3 Å². The fraction of sp³-hybridized carbons (Fsp3) is 0.647. The first-order valence-electron chi connectivity index (χ1n) is 8.56. The van der Waals surface area contributed by atoms with Crippen LogP contribution in [-0.4, -0.2) is 55.2 Å². The van der Waals surface area contributed by atoms with Crippen LogP contribution < -0.4 is 15.5 Å². The molecule has 1 aliphatic heterocycles. The van der Waals surface area contributed by atoms with Crippen LogP contribution in [0.5, 0.6) is 0 Å². The molecule has 0 bridgehead atoms. The number of pyridine rings is 1. The molecular formula is C17H29N5O. The molecule has 1 aromatic rings. The molecule has 0 radical (unpaired) electrons. The highest BCUT2D eigenvalue weighted by atomic mass is 16.2. The predicted octanol–water partition coefficient (Wildman–Crippen LogP) is 2.39. The molecule has 0 spiro atoms. The molecule has 0 atom stereocenters. The first kappa shape index (κ1) is 17.5. The summed E-state index contributed by atoms with van der Waals surface area (Å²) in [4.78, 5) is 20.9. The van der Waals surface area contributed by atoms with Crippen LogP contribution in [-0.2, 0) is 0 Å². The van der Waals surface area contributed by atoms with E-state index < -0.39 is 0 Å². The van der Waals surface area contributed by atoms with Gasteiger partial charge >= 0.3 is 6.03 Å². The smallest absolute Gasteiger partial charge is 0.319 e. The lowest BCUT2D eigenvalue weighted by Crippen LogP contribution is -2.47. The zero-order valence-corrected chi connectivity index (χ0v) is 14.5. The topological polar surface area (TPSA) is 60.5 Å². The summed E-state index contributed by atoms with van der Waals surface area (Å²) >= 11 is 0. The van der Waals surface area contributed by atoms with E-state index in [0.29, 0.717) is 12.5 Å². The summed E-state index contributed by atoms with van der Waals surface area (Å²) in [5.41, 5.74) is 0.723. The molecule has 0 saturated carbocycles. The molecule has 2 N–H and O–H groups in total. The Bertz CT molecular complexity index is 480. The van der Waals surface area contributed by atoms with Crippen molar-refractivity contribution in [3.63, 3.8) is 0 Å². The van der Waals surface area contributed by atoms with Crippen LogP contribution in [0.25, 0.3) is 0 Å². The summed E-state index contributed by atoms with van der Waals surface area (Å²) in [6.07, 6.45) is 2.65. The van der Waals surface area contributed by atoms with Crippen molar-refractivity contribution in [2.24, 2.45) is 5.92 Å². The van der Waals surface area contributed by atoms with E-state index in [-0.39, 0.29) is 6.03 Å². The zero-order chi connectivity index (χ0) is 16.7. The lowest BCUT2D eigenvalue weighted by atomic mass is 10.2. The minimum atomic E-state index is -0.177. The lowest BCUT2D eigenvalue weighted by Gasteiger charge is -2.36. The van der Waals surface area contributed by atoms with Gasteiger partial charge < -0.3 is 15.5 Å². The molecule has 2 heterocycles. The molecule has 2 amide bonds. The van der Waals surface area contributed by atoms with E-state index in [1.54, 1.807) is 6.20 Å². The van der Waals surface area contributed by atoms with Crippen molar-refractivity contribution in [3.8, 4) is 0 Å². The lowest BCUT2D eigenvalue weighted by molar-refractivity contribution is 0.231. The van der Waals surface area contributed by atoms with Gasteiger partial charge in [-0.25, -0.2) is 9.78 Å². The van der Waals surface area contributed by atoms with Gasteiger partial charge in [0.2, 0.25) is 0 Å². The number of nitrogens with one attached hydrogen (secondary N) is 2. The SMILES string of the molecule is CCCNC(=O)Nc1ccc(N2CCN(CC(C)C)CC2)nc1. The Labute approximate surface area is 139 Å². The molecule has 2 rings (SSSR count). The number of hydrogen-bond acceptors (Lipinski definition) is 4. The number of anilines is 2. The highest BCUT2D eigenvalue weighted by Crippen LogP contribution is 2.16. The van der Waals surface area contributed by atoms with E-state index in [9.17, 15) is 4.79 Å². The van der Waals surface area contributed by atoms with Crippen LogP contribution in [0, 0.1) is 5.92 Å². The Morgan fingerprint density at radius 3 is 2.57 bits per heavy atom. The zero-order valence-electron chi connectivity index (χ0n) is 14.5. The molecular weight excluding hydrogens is 290 g/mol. The van der Waals surface area contributed by atoms with E-state index in [0.717, 1.165) is 50.6 Å². The second-order valence-corrected chi connectivity index (χ2v) is 6.47. The first-order chi connectivity index (χ1) is 11.1. The molecule has 1 aliphatic rings. The van der Waals surface area contributed by atoms with E-state index in [1.165, 1.54) is 0 Å². The van der Waals surface area contributed by atoms with Gasteiger partial charge in [-0.15, -0.1) is 0 Å². The van der Waals surface area contributed by atoms with Crippen molar-refractivity contribution in [2.75, 3.05) is 49.5 Å². The van der Waals surface area contributed by atoms with Crippen LogP contribution in [0.3, 0.4) is 0 Å². The predicted molar refractivity (Wildman–Crippen MR) is 95.0 cm³/mol. The van der Waals surface area contributed by atoms with Crippen molar-refractivity contribution >= 4 is 17.5 Å². The Hall–Kier alpha value is -1.82. The van der Waals surface area contributed by atoms with Crippen LogP contribution in [0.15, 0.2) is 18.3 Å². The quantitative estimate of drug-likeness (QED) is 0.845. The third-order valence-electron chi connectivity index (χ3n) is 3.86. The monoisotopic (exact) mass is 319 g/mol. The number of carbonyl (C=O) groups is 1. The fourth-order valence-electron chi connectivity index (χ4n) is 2.74. The molecule has 0 aliphatic carbocycles. The molecule has 1 fully saturated rings. The summed E-state index contributed by atoms with van der Waals surface area (Å²) in [6.45, 7) is 12.6. The Morgan fingerprint density at radius 1 is 1.26 bits per heavy atom. The van der Waals surface area contributed by atoms with Crippen molar-refractivity contribution in [1.82, 2.24) is 15.2 Å². The average Bonchev–Trinajstić information content (AvgIpc) is 2.54. The Kier molecular flexibility index (Phi) is 6.65. The van der Waals surface area contributed by atoms with Crippen molar-refractivity contribution in [1.29, 1.82) is 0 Å². The van der Waals surface area contributed by atoms with Crippen molar-refractivity contribution in [3.05, 3.63) is 18.3 Å². The van der Waals surface area contributed by atoms with E-state index in [1.807, 2.05) is 19.1 Å². The van der Waals surface area contributed by atoms with Gasteiger partial charge in [-0.3, -0.25) is 4.90 Å². The average molecular weight is 319 g/mol. The molecule has 128 valence electrons. The van der Waals surface area contributed by atoms with Crippen molar-refractivity contribution in [2.45, 2.75) is 27.2 Å². The van der Waals surface area contributed by atoms with Gasteiger partial charge in [0.05, 0.1) is 11.9 Å². The minimum Gasteiger partial charge on any atom is -0.354 e. The minimum absolute atomic E-state index is 0.177. The molecule has 1 aromatic heterocycles. The van der Waals surface area contributed by atoms with Crippen LogP contribution in [0.1, 0.15) is 27.2 Å². The number of hydrogen-bond donors (Lipinski definition) is 2. The highest BCUT2D eigenvalue weighted by Gasteiger charge is 2.18. The number of carbonyl (C=O) groups excluding carboxylic acids is 1. The Balaban J connectivity index is 1.82. The second-order valence-electron chi connectivity index (χ2n) is 6.47. The molecule has 23 heavy (non-hydrogen) atoms. The fourth-order valence-corrected chi connectivity index (χ4v) is 2.74. The van der Waals surface area contributed by atoms with Gasteiger partial charge in [-0.2, -0.15) is 0 Å². The maximum atomic E-state index is 11.6. The molecule has 0 aromatic carbocycles. The molecule has 1 saturated heterocycles. The first-order valence-corrected chi connectivity index (χ1v) is 8.56. The number of rotatable bonds is 6. The maximum absolute atomic E-state index is 11.6.